The first-order valence-electron chi connectivity index (χ1n) is 29.5. The fourth-order valence-corrected chi connectivity index (χ4v) is 9.48. The van der Waals surface area contributed by atoms with Gasteiger partial charge in [0.2, 0.25) is 0 Å². The van der Waals surface area contributed by atoms with Gasteiger partial charge in [0.1, 0.15) is 6.61 Å². The van der Waals surface area contributed by atoms with Crippen molar-refractivity contribution in [2.45, 2.75) is 302 Å². The van der Waals surface area contributed by atoms with Crippen molar-refractivity contribution in [1.29, 1.82) is 0 Å². The lowest BCUT2D eigenvalue weighted by atomic mass is 10.0. The standard InChI is InChI=1S/C59H112NO8P/c1-3-5-7-9-11-13-15-17-19-20-21-22-23-24-25-26-27-28-29-30-31-32-33-34-35-36-38-39-41-43-45-47-49-51-58(61)65-55-57(56-67-69(63,64)66-54-53-60)68-59(62)52-50-48-46-44-42-40-37-18-16-14-12-10-8-6-4-2/h6,8,12,14,18,37,57H,3-5,7,9-11,13,15-17,19-36,38-56,60H2,1-2H3,(H,63,64)/b8-6-,14-12-,37-18-. The molecule has 0 heterocycles. The lowest BCUT2D eigenvalue weighted by molar-refractivity contribution is -0.161. The number of carbonyl (C=O) groups excluding carboxylic acids is 2. The molecule has 0 spiro atoms. The summed E-state index contributed by atoms with van der Waals surface area (Å²) in [5.41, 5.74) is 5.37. The quantitative estimate of drug-likeness (QED) is 0.0264. The van der Waals surface area contributed by atoms with Crippen LogP contribution in [0.25, 0.3) is 0 Å². The summed E-state index contributed by atoms with van der Waals surface area (Å²) in [6.45, 7) is 3.65. The monoisotopic (exact) mass is 994 g/mol. The fraction of sp³-hybridized carbons (Fsp3) is 0.864. The van der Waals surface area contributed by atoms with E-state index in [1.165, 1.54) is 193 Å². The Hall–Kier alpha value is -1.77. The van der Waals surface area contributed by atoms with Crippen LogP contribution >= 0.6 is 7.82 Å². The molecule has 10 heteroatoms. The van der Waals surface area contributed by atoms with Crippen LogP contribution in [0.2, 0.25) is 0 Å². The van der Waals surface area contributed by atoms with E-state index in [-0.39, 0.29) is 38.6 Å². The van der Waals surface area contributed by atoms with Crippen molar-refractivity contribution in [3.05, 3.63) is 36.5 Å². The van der Waals surface area contributed by atoms with Gasteiger partial charge in [-0.1, -0.05) is 275 Å². The number of unbranched alkanes of at least 4 members (excludes halogenated alkanes) is 37. The highest BCUT2D eigenvalue weighted by atomic mass is 31.2. The highest BCUT2D eigenvalue weighted by Gasteiger charge is 2.26. The van der Waals surface area contributed by atoms with E-state index in [0.29, 0.717) is 6.42 Å². The van der Waals surface area contributed by atoms with Crippen LogP contribution in [0.3, 0.4) is 0 Å². The molecule has 406 valence electrons. The van der Waals surface area contributed by atoms with Crippen molar-refractivity contribution in [3.8, 4) is 0 Å². The van der Waals surface area contributed by atoms with Crippen LogP contribution in [0, 0.1) is 0 Å². The van der Waals surface area contributed by atoms with Crippen molar-refractivity contribution in [3.63, 3.8) is 0 Å². The SMILES string of the molecule is CC/C=C\C/C=C\C/C=C\CCCCCCCC(=O)OC(COC(=O)CCCCCCCCCCCCCCCCCCCCCCCCCCCCCCCCCCC)COP(=O)(O)OCCN. The van der Waals surface area contributed by atoms with E-state index in [0.717, 1.165) is 70.6 Å². The minimum absolute atomic E-state index is 0.0510. The molecule has 0 fully saturated rings. The molecule has 0 bridgehead atoms. The number of phosphoric acid groups is 1. The topological polar surface area (TPSA) is 134 Å². The summed E-state index contributed by atoms with van der Waals surface area (Å²) in [5.74, 6) is -0.836. The number of carbonyl (C=O) groups is 2. The predicted molar refractivity (Wildman–Crippen MR) is 294 cm³/mol. The van der Waals surface area contributed by atoms with Crippen LogP contribution in [0.5, 0.6) is 0 Å². The molecule has 0 radical (unpaired) electrons. The van der Waals surface area contributed by atoms with E-state index < -0.39 is 26.5 Å². The van der Waals surface area contributed by atoms with Gasteiger partial charge in [-0.05, 0) is 44.9 Å². The summed E-state index contributed by atoms with van der Waals surface area (Å²) in [5, 5.41) is 0. The summed E-state index contributed by atoms with van der Waals surface area (Å²) in [6.07, 6.45) is 66.6. The Morgan fingerprint density at radius 3 is 1.19 bits per heavy atom. The van der Waals surface area contributed by atoms with Crippen LogP contribution < -0.4 is 5.73 Å². The molecular formula is C59H112NO8P. The van der Waals surface area contributed by atoms with Gasteiger partial charge in [-0.25, -0.2) is 4.57 Å². The van der Waals surface area contributed by atoms with Crippen LogP contribution in [0.15, 0.2) is 36.5 Å². The lowest BCUT2D eigenvalue weighted by Crippen LogP contribution is -2.29. The molecule has 0 aliphatic rings. The molecule has 2 atom stereocenters. The third-order valence-electron chi connectivity index (χ3n) is 13.0. The van der Waals surface area contributed by atoms with Crippen molar-refractivity contribution in [1.82, 2.24) is 0 Å². The maximum absolute atomic E-state index is 12.6. The van der Waals surface area contributed by atoms with E-state index in [1.54, 1.807) is 0 Å². The Kier molecular flexibility index (Phi) is 54.1. The van der Waals surface area contributed by atoms with Gasteiger partial charge in [-0.15, -0.1) is 0 Å². The fourth-order valence-electron chi connectivity index (χ4n) is 8.71. The average Bonchev–Trinajstić information content (AvgIpc) is 3.34. The highest BCUT2D eigenvalue weighted by molar-refractivity contribution is 7.47. The van der Waals surface area contributed by atoms with E-state index in [4.69, 9.17) is 24.3 Å². The van der Waals surface area contributed by atoms with Gasteiger partial charge in [-0.3, -0.25) is 18.6 Å². The average molecular weight is 995 g/mol. The first-order valence-corrected chi connectivity index (χ1v) is 31.0. The molecule has 0 amide bonds. The molecule has 2 unspecified atom stereocenters. The van der Waals surface area contributed by atoms with Gasteiger partial charge in [0.05, 0.1) is 13.2 Å². The second-order valence-electron chi connectivity index (χ2n) is 19.8. The number of hydrogen-bond donors (Lipinski definition) is 2. The molecule has 9 nitrogen and oxygen atoms in total. The number of phosphoric ester groups is 1. The molecule has 0 aromatic rings. The zero-order valence-electron chi connectivity index (χ0n) is 45.3. The number of nitrogens with two attached hydrogens (primary N) is 1. The summed E-state index contributed by atoms with van der Waals surface area (Å²) < 4.78 is 33.0. The Morgan fingerprint density at radius 1 is 0.449 bits per heavy atom. The number of allylic oxidation sites excluding steroid dienone is 6. The molecule has 0 aliphatic heterocycles. The van der Waals surface area contributed by atoms with Crippen molar-refractivity contribution < 1.29 is 37.6 Å². The van der Waals surface area contributed by atoms with E-state index in [9.17, 15) is 19.0 Å². The maximum atomic E-state index is 12.6. The molecule has 0 rings (SSSR count). The van der Waals surface area contributed by atoms with Crippen molar-refractivity contribution >= 4 is 19.8 Å². The highest BCUT2D eigenvalue weighted by Crippen LogP contribution is 2.43. The van der Waals surface area contributed by atoms with Gasteiger partial charge in [0.15, 0.2) is 6.10 Å². The molecule has 0 aliphatic carbocycles. The first-order chi connectivity index (χ1) is 33.8. The van der Waals surface area contributed by atoms with Gasteiger partial charge < -0.3 is 20.1 Å². The number of rotatable bonds is 56. The molecular weight excluding hydrogens is 882 g/mol. The zero-order valence-corrected chi connectivity index (χ0v) is 46.2. The summed E-state index contributed by atoms with van der Waals surface area (Å²) in [6, 6.07) is 0. The third kappa shape index (κ3) is 55.4. The Bertz CT molecular complexity index is 1220. The van der Waals surface area contributed by atoms with Crippen LogP contribution in [-0.4, -0.2) is 49.3 Å². The molecule has 0 saturated carbocycles. The van der Waals surface area contributed by atoms with E-state index in [2.05, 4.69) is 50.3 Å². The largest absolute Gasteiger partial charge is 0.472 e. The van der Waals surface area contributed by atoms with Gasteiger partial charge >= 0.3 is 19.8 Å². The first kappa shape index (κ1) is 67.2. The molecule has 0 saturated heterocycles. The zero-order chi connectivity index (χ0) is 50.2. The maximum Gasteiger partial charge on any atom is 0.472 e. The molecule has 69 heavy (non-hydrogen) atoms. The Balaban J connectivity index is 3.81. The second-order valence-corrected chi connectivity index (χ2v) is 21.3. The molecule has 3 N–H and O–H groups in total. The van der Waals surface area contributed by atoms with Gasteiger partial charge in [0.25, 0.3) is 0 Å². The van der Waals surface area contributed by atoms with Crippen molar-refractivity contribution in [2.75, 3.05) is 26.4 Å². The normalized spacial score (nSPS) is 13.3. The van der Waals surface area contributed by atoms with Crippen LogP contribution in [0.1, 0.15) is 296 Å². The number of hydrogen-bond acceptors (Lipinski definition) is 8. The van der Waals surface area contributed by atoms with Crippen LogP contribution in [-0.2, 0) is 32.7 Å². The summed E-state index contributed by atoms with van der Waals surface area (Å²) in [7, 11) is -4.39. The van der Waals surface area contributed by atoms with Gasteiger partial charge in [-0.2, -0.15) is 0 Å². The summed E-state index contributed by atoms with van der Waals surface area (Å²) in [4.78, 5) is 35.1. The Labute approximate surface area is 426 Å². The van der Waals surface area contributed by atoms with Gasteiger partial charge in [0, 0.05) is 19.4 Å². The Morgan fingerprint density at radius 2 is 0.797 bits per heavy atom. The summed E-state index contributed by atoms with van der Waals surface area (Å²) >= 11 is 0. The van der Waals surface area contributed by atoms with E-state index in [1.807, 2.05) is 0 Å². The minimum atomic E-state index is -4.39. The van der Waals surface area contributed by atoms with Crippen molar-refractivity contribution in [2.24, 2.45) is 5.73 Å². The number of esters is 2. The lowest BCUT2D eigenvalue weighted by Gasteiger charge is -2.19. The number of ether oxygens (including phenoxy) is 2. The third-order valence-corrected chi connectivity index (χ3v) is 14.0. The smallest absolute Gasteiger partial charge is 0.462 e. The molecule has 0 aromatic carbocycles. The second kappa shape index (κ2) is 55.5. The van der Waals surface area contributed by atoms with E-state index >= 15 is 0 Å². The molecule has 0 aromatic heterocycles. The predicted octanol–water partition coefficient (Wildman–Crippen LogP) is 18.4. The minimum Gasteiger partial charge on any atom is -0.462 e. The van der Waals surface area contributed by atoms with Crippen LogP contribution in [0.4, 0.5) is 0 Å².